The summed E-state index contributed by atoms with van der Waals surface area (Å²) in [6.45, 7) is 0.137. The first-order chi connectivity index (χ1) is 8.79. The van der Waals surface area contributed by atoms with Gasteiger partial charge in [-0.2, -0.15) is 13.2 Å². The molecular weight excluding hydrogens is 263 g/mol. The lowest BCUT2D eigenvalue weighted by atomic mass is 9.81. The molecule has 0 bridgehead atoms. The Labute approximate surface area is 109 Å². The minimum atomic E-state index is -4.17. The van der Waals surface area contributed by atoms with Crippen LogP contribution in [-0.2, 0) is 4.79 Å². The molecule has 2 rings (SSSR count). The molecule has 19 heavy (non-hydrogen) atoms. The minimum Gasteiger partial charge on any atom is -0.388 e. The Morgan fingerprint density at radius 2 is 1.47 bits per heavy atom. The van der Waals surface area contributed by atoms with Crippen LogP contribution in [0.5, 0.6) is 0 Å². The molecule has 0 aromatic rings. The molecule has 1 aliphatic carbocycles. The van der Waals surface area contributed by atoms with E-state index in [4.69, 9.17) is 0 Å². The summed E-state index contributed by atoms with van der Waals surface area (Å²) in [5.74, 6) is -1.95. The van der Waals surface area contributed by atoms with E-state index in [0.717, 1.165) is 0 Å². The van der Waals surface area contributed by atoms with Crippen molar-refractivity contribution in [1.82, 2.24) is 4.90 Å². The van der Waals surface area contributed by atoms with Crippen LogP contribution in [0.4, 0.5) is 13.2 Å². The Bertz CT molecular complexity index is 330. The number of aliphatic hydroxyl groups is 2. The summed E-state index contributed by atoms with van der Waals surface area (Å²) in [4.78, 5) is 13.4. The molecule has 0 unspecified atom stereocenters. The normalized spacial score (nSPS) is 36.6. The lowest BCUT2D eigenvalue weighted by molar-refractivity contribution is -0.185. The van der Waals surface area contributed by atoms with Crippen molar-refractivity contribution in [2.45, 2.75) is 44.1 Å². The molecule has 0 aromatic heterocycles. The van der Waals surface area contributed by atoms with Crippen LogP contribution in [0.1, 0.15) is 25.7 Å². The summed E-state index contributed by atoms with van der Waals surface area (Å²) in [6.07, 6.45) is -5.64. The van der Waals surface area contributed by atoms with Gasteiger partial charge in [0.25, 0.3) is 0 Å². The van der Waals surface area contributed by atoms with E-state index in [1.165, 1.54) is 4.90 Å². The van der Waals surface area contributed by atoms with E-state index in [-0.39, 0.29) is 44.7 Å². The van der Waals surface area contributed by atoms with E-state index < -0.39 is 30.2 Å². The number of hydrogen-bond donors (Lipinski definition) is 2. The third kappa shape index (κ3) is 3.20. The number of likely N-dealkylation sites (tertiary alicyclic amines) is 1. The molecule has 1 amide bonds. The van der Waals surface area contributed by atoms with Gasteiger partial charge in [-0.15, -0.1) is 0 Å². The highest BCUT2D eigenvalue weighted by molar-refractivity contribution is 5.79. The number of hydrogen-bond acceptors (Lipinski definition) is 3. The van der Waals surface area contributed by atoms with Crippen molar-refractivity contribution in [3.8, 4) is 0 Å². The molecule has 1 saturated heterocycles. The minimum absolute atomic E-state index is 0.0150. The maximum Gasteiger partial charge on any atom is 0.391 e. The van der Waals surface area contributed by atoms with E-state index in [0.29, 0.717) is 0 Å². The molecule has 2 fully saturated rings. The third-order valence-electron chi connectivity index (χ3n) is 4.11. The number of halogens is 3. The van der Waals surface area contributed by atoms with Gasteiger partial charge in [0.1, 0.15) is 0 Å². The number of carbonyl (C=O) groups is 1. The second-order valence-electron chi connectivity index (χ2n) is 5.47. The summed E-state index contributed by atoms with van der Waals surface area (Å²) in [5, 5.41) is 18.7. The first-order valence-corrected chi connectivity index (χ1v) is 6.50. The molecule has 2 N–H and O–H groups in total. The first kappa shape index (κ1) is 14.6. The Hall–Kier alpha value is -0.820. The molecule has 1 heterocycles. The van der Waals surface area contributed by atoms with Gasteiger partial charge in [-0.1, -0.05) is 0 Å². The summed E-state index contributed by atoms with van der Waals surface area (Å²) in [5.41, 5.74) is 0. The van der Waals surface area contributed by atoms with Gasteiger partial charge >= 0.3 is 6.18 Å². The zero-order valence-corrected chi connectivity index (χ0v) is 10.4. The van der Waals surface area contributed by atoms with Crippen molar-refractivity contribution in [1.29, 1.82) is 0 Å². The number of carbonyl (C=O) groups excluding carboxylic acids is 1. The Morgan fingerprint density at radius 3 is 1.89 bits per heavy atom. The highest BCUT2D eigenvalue weighted by atomic mass is 19.4. The van der Waals surface area contributed by atoms with Gasteiger partial charge in [-0.25, -0.2) is 0 Å². The SMILES string of the molecule is O=C(C1CCC(C(F)(F)F)CC1)N1C[C@@H](O)[C@@H](O)C1. The summed E-state index contributed by atoms with van der Waals surface area (Å²) in [6, 6.07) is 0. The fourth-order valence-corrected chi connectivity index (χ4v) is 2.88. The molecule has 1 saturated carbocycles. The van der Waals surface area contributed by atoms with Gasteiger partial charge in [0.2, 0.25) is 5.91 Å². The Kier molecular flexibility index (Phi) is 4.06. The third-order valence-corrected chi connectivity index (χ3v) is 4.11. The fourth-order valence-electron chi connectivity index (χ4n) is 2.88. The van der Waals surface area contributed by atoms with Crippen LogP contribution in [0.3, 0.4) is 0 Å². The van der Waals surface area contributed by atoms with Gasteiger partial charge in [0, 0.05) is 19.0 Å². The zero-order chi connectivity index (χ0) is 14.2. The molecule has 1 aliphatic heterocycles. The van der Waals surface area contributed by atoms with Crippen molar-refractivity contribution in [2.24, 2.45) is 11.8 Å². The largest absolute Gasteiger partial charge is 0.391 e. The molecule has 7 heteroatoms. The highest BCUT2D eigenvalue weighted by Crippen LogP contribution is 2.40. The molecular formula is C12H18F3NO3. The zero-order valence-electron chi connectivity index (χ0n) is 10.4. The lowest BCUT2D eigenvalue weighted by Crippen LogP contribution is -2.38. The van der Waals surface area contributed by atoms with Crippen molar-refractivity contribution in [2.75, 3.05) is 13.1 Å². The van der Waals surface area contributed by atoms with Crippen molar-refractivity contribution in [3.05, 3.63) is 0 Å². The van der Waals surface area contributed by atoms with Crippen molar-refractivity contribution >= 4 is 5.91 Å². The number of amides is 1. The lowest BCUT2D eigenvalue weighted by Gasteiger charge is -2.31. The molecule has 0 spiro atoms. The van der Waals surface area contributed by atoms with Gasteiger partial charge in [0.15, 0.2) is 0 Å². The van der Waals surface area contributed by atoms with Crippen LogP contribution in [-0.4, -0.2) is 52.5 Å². The van der Waals surface area contributed by atoms with E-state index in [2.05, 4.69) is 0 Å². The van der Waals surface area contributed by atoms with Crippen LogP contribution in [0.15, 0.2) is 0 Å². The Morgan fingerprint density at radius 1 is 1.00 bits per heavy atom. The number of rotatable bonds is 1. The van der Waals surface area contributed by atoms with E-state index in [9.17, 15) is 28.2 Å². The molecule has 2 atom stereocenters. The van der Waals surface area contributed by atoms with Gasteiger partial charge in [-0.05, 0) is 25.7 Å². The second-order valence-corrected chi connectivity index (χ2v) is 5.47. The van der Waals surface area contributed by atoms with E-state index in [1.807, 2.05) is 0 Å². The van der Waals surface area contributed by atoms with Crippen LogP contribution in [0.2, 0.25) is 0 Å². The monoisotopic (exact) mass is 281 g/mol. The molecule has 0 aromatic carbocycles. The number of β-amino-alcohol motifs (C(OH)–C–C–N with tert-alkyl or cyclic N) is 2. The second kappa shape index (κ2) is 5.28. The van der Waals surface area contributed by atoms with Gasteiger partial charge in [0.05, 0.1) is 18.1 Å². The maximum absolute atomic E-state index is 12.5. The van der Waals surface area contributed by atoms with Crippen LogP contribution >= 0.6 is 0 Å². The highest BCUT2D eigenvalue weighted by Gasteiger charge is 2.44. The number of aliphatic hydroxyl groups excluding tert-OH is 2. The Balaban J connectivity index is 1.86. The molecule has 110 valence electrons. The predicted molar refractivity (Wildman–Crippen MR) is 60.1 cm³/mol. The number of nitrogens with zero attached hydrogens (tertiary/aromatic N) is 1. The summed E-state index contributed by atoms with van der Waals surface area (Å²) < 4.78 is 37.5. The van der Waals surface area contributed by atoms with Crippen LogP contribution in [0, 0.1) is 11.8 Å². The average molecular weight is 281 g/mol. The molecule has 4 nitrogen and oxygen atoms in total. The summed E-state index contributed by atoms with van der Waals surface area (Å²) >= 11 is 0. The quantitative estimate of drug-likeness (QED) is 0.751. The maximum atomic E-state index is 12.5. The van der Waals surface area contributed by atoms with E-state index in [1.54, 1.807) is 0 Å². The first-order valence-electron chi connectivity index (χ1n) is 6.50. The number of alkyl halides is 3. The molecule has 0 radical (unpaired) electrons. The average Bonchev–Trinajstić information content (AvgIpc) is 2.68. The van der Waals surface area contributed by atoms with Crippen LogP contribution in [0.25, 0.3) is 0 Å². The topological polar surface area (TPSA) is 60.8 Å². The van der Waals surface area contributed by atoms with Gasteiger partial charge in [-0.3, -0.25) is 4.79 Å². The standard InChI is InChI=1S/C12H18F3NO3/c13-12(14,15)8-3-1-7(2-4-8)11(19)16-5-9(17)10(18)6-16/h7-10,17-18H,1-6H2/t7?,8?,9-,10+. The van der Waals surface area contributed by atoms with Gasteiger partial charge < -0.3 is 15.1 Å². The summed E-state index contributed by atoms with van der Waals surface area (Å²) in [7, 11) is 0. The molecule has 2 aliphatic rings. The van der Waals surface area contributed by atoms with Crippen molar-refractivity contribution in [3.63, 3.8) is 0 Å². The smallest absolute Gasteiger partial charge is 0.388 e. The fraction of sp³-hybridized carbons (Fsp3) is 0.917. The predicted octanol–water partition coefficient (Wildman–Crippen LogP) is 0.919. The van der Waals surface area contributed by atoms with Crippen molar-refractivity contribution < 1.29 is 28.2 Å². The van der Waals surface area contributed by atoms with Crippen LogP contribution < -0.4 is 0 Å². The van der Waals surface area contributed by atoms with E-state index >= 15 is 0 Å².